The number of esters is 1. The van der Waals surface area contributed by atoms with Crippen LogP contribution < -0.4 is 0 Å². The number of nitrogens with zero attached hydrogens (tertiary/aromatic N) is 2. The Bertz CT molecular complexity index is 2830. The number of carboxylic acids is 1. The Morgan fingerprint density at radius 2 is 0.966 bits per heavy atom. The number of hydrogen-bond donors (Lipinski definition) is 1. The normalized spacial score (nSPS) is 13.4. The van der Waals surface area contributed by atoms with Gasteiger partial charge in [0.2, 0.25) is 0 Å². The fourth-order valence-electron chi connectivity index (χ4n) is 7.87. The molecule has 59 heavy (non-hydrogen) atoms. The highest BCUT2D eigenvalue weighted by molar-refractivity contribution is 5.92. The van der Waals surface area contributed by atoms with Crippen molar-refractivity contribution in [3.8, 4) is 22.3 Å². The van der Waals surface area contributed by atoms with Crippen LogP contribution in [0.5, 0.6) is 0 Å². The monoisotopic (exact) mass is 772 g/mol. The van der Waals surface area contributed by atoms with Gasteiger partial charge in [-0.15, -0.1) is 0 Å². The number of pyridine rings is 2. The zero-order valence-corrected chi connectivity index (χ0v) is 33.0. The first-order valence-corrected chi connectivity index (χ1v) is 20.3. The Kier molecular flexibility index (Phi) is 10.5. The van der Waals surface area contributed by atoms with E-state index in [1.165, 1.54) is 58.4 Å². The quantitative estimate of drug-likeness (QED) is 0.139. The minimum atomic E-state index is -0.901. The van der Waals surface area contributed by atoms with Crippen LogP contribution in [0.25, 0.3) is 43.8 Å². The van der Waals surface area contributed by atoms with Gasteiger partial charge in [-0.3, -0.25) is 9.97 Å². The molecule has 2 fully saturated rings. The third kappa shape index (κ3) is 8.68. The van der Waals surface area contributed by atoms with Gasteiger partial charge < -0.3 is 9.84 Å². The maximum atomic E-state index is 12.4. The lowest BCUT2D eigenvalue weighted by atomic mass is 9.97. The standard InChI is InChI=1S/C27H23NO2.C26H21NO2/c1-30-27(29)25-16-24(21-9-10-21)17-28-26(25)14-18-7-8-20-11-12-22(15-23(20)13-18)19-5-3-2-4-6-19;28-26(29)24-15-23(20-8-9-20)16-27-25(24)13-17-6-7-19-10-11-21(14-22(19)12-17)18-4-2-1-3-5-18/h2-8,11-13,15-17,21H,9-10,14H2,1H3;1-7,10-12,14-16,20H,8-9,13H2,(H,28,29). The van der Waals surface area contributed by atoms with E-state index in [2.05, 4.69) is 119 Å². The molecule has 2 aliphatic carbocycles. The number of aromatic nitrogens is 2. The Morgan fingerprint density at radius 3 is 1.41 bits per heavy atom. The van der Waals surface area contributed by atoms with Gasteiger partial charge in [0.25, 0.3) is 0 Å². The number of benzene rings is 6. The van der Waals surface area contributed by atoms with Crippen molar-refractivity contribution in [2.24, 2.45) is 0 Å². The molecule has 10 rings (SSSR count). The van der Waals surface area contributed by atoms with Gasteiger partial charge in [-0.1, -0.05) is 121 Å². The SMILES string of the molecule is COC(=O)c1cc(C2CC2)cnc1Cc1ccc2ccc(-c3ccccc3)cc2c1.O=C(O)c1cc(C2CC2)cnc1Cc1ccc2ccc(-c3ccccc3)cc2c1. The third-order valence-electron chi connectivity index (χ3n) is 11.5. The average molecular weight is 773 g/mol. The van der Waals surface area contributed by atoms with Gasteiger partial charge in [-0.2, -0.15) is 0 Å². The highest BCUT2D eigenvalue weighted by Crippen LogP contribution is 2.41. The second-order valence-electron chi connectivity index (χ2n) is 15.7. The number of hydrogen-bond acceptors (Lipinski definition) is 5. The third-order valence-corrected chi connectivity index (χ3v) is 11.5. The fourth-order valence-corrected chi connectivity index (χ4v) is 7.87. The summed E-state index contributed by atoms with van der Waals surface area (Å²) in [4.78, 5) is 33.3. The minimum absolute atomic E-state index is 0.313. The van der Waals surface area contributed by atoms with E-state index >= 15 is 0 Å². The first-order chi connectivity index (χ1) is 28.9. The summed E-state index contributed by atoms with van der Waals surface area (Å²) in [5.41, 5.74) is 11.5. The van der Waals surface area contributed by atoms with Crippen LogP contribution >= 0.6 is 0 Å². The molecule has 0 aliphatic heterocycles. The molecule has 0 radical (unpaired) electrons. The van der Waals surface area contributed by atoms with Crippen LogP contribution in [0.1, 0.15) is 91.9 Å². The Morgan fingerprint density at radius 1 is 0.525 bits per heavy atom. The molecule has 6 nitrogen and oxygen atoms in total. The lowest BCUT2D eigenvalue weighted by molar-refractivity contribution is 0.0598. The van der Waals surface area contributed by atoms with E-state index in [-0.39, 0.29) is 5.97 Å². The molecule has 0 saturated heterocycles. The molecular weight excluding hydrogens is 729 g/mol. The van der Waals surface area contributed by atoms with Crippen LogP contribution in [0.15, 0.2) is 158 Å². The smallest absolute Gasteiger partial charge is 0.339 e. The van der Waals surface area contributed by atoms with Crippen molar-refractivity contribution < 1.29 is 19.4 Å². The molecule has 6 aromatic carbocycles. The number of aromatic carboxylic acids is 1. The zero-order valence-electron chi connectivity index (χ0n) is 33.0. The summed E-state index contributed by atoms with van der Waals surface area (Å²) in [6.45, 7) is 0. The van der Waals surface area contributed by atoms with Crippen molar-refractivity contribution in [2.45, 2.75) is 50.4 Å². The number of ether oxygens (including phenoxy) is 1. The molecule has 8 aromatic rings. The van der Waals surface area contributed by atoms with Crippen molar-refractivity contribution in [1.82, 2.24) is 9.97 Å². The van der Waals surface area contributed by atoms with Crippen molar-refractivity contribution in [3.05, 3.63) is 203 Å². The van der Waals surface area contributed by atoms with Gasteiger partial charge in [-0.05, 0) is 128 Å². The van der Waals surface area contributed by atoms with Crippen LogP contribution in [-0.2, 0) is 17.6 Å². The van der Waals surface area contributed by atoms with Crippen LogP contribution in [0.2, 0.25) is 0 Å². The molecule has 2 heterocycles. The van der Waals surface area contributed by atoms with E-state index in [0.717, 1.165) is 46.2 Å². The fraction of sp³-hybridized carbons (Fsp3) is 0.170. The number of fused-ring (bicyclic) bond motifs is 2. The molecule has 1 N–H and O–H groups in total. The molecule has 2 aliphatic rings. The summed E-state index contributed by atoms with van der Waals surface area (Å²) < 4.78 is 5.03. The van der Waals surface area contributed by atoms with Gasteiger partial charge in [0.05, 0.1) is 29.6 Å². The van der Waals surface area contributed by atoms with E-state index < -0.39 is 5.97 Å². The van der Waals surface area contributed by atoms with Gasteiger partial charge in [0.15, 0.2) is 0 Å². The van der Waals surface area contributed by atoms with E-state index in [1.54, 1.807) is 0 Å². The van der Waals surface area contributed by atoms with E-state index in [0.29, 0.717) is 41.5 Å². The predicted octanol–water partition coefficient (Wildman–Crippen LogP) is 12.2. The van der Waals surface area contributed by atoms with E-state index in [4.69, 9.17) is 4.74 Å². The highest BCUT2D eigenvalue weighted by Gasteiger charge is 2.27. The van der Waals surface area contributed by atoms with Crippen LogP contribution in [0.3, 0.4) is 0 Å². The van der Waals surface area contributed by atoms with Crippen molar-refractivity contribution >= 4 is 33.5 Å². The Hall–Kier alpha value is -6.92. The second-order valence-corrected chi connectivity index (χ2v) is 15.7. The first-order valence-electron chi connectivity index (χ1n) is 20.3. The number of carboxylic acid groups (broad SMARTS) is 1. The second kappa shape index (κ2) is 16.5. The van der Waals surface area contributed by atoms with Gasteiger partial charge in [0, 0.05) is 25.2 Å². The summed E-state index contributed by atoms with van der Waals surface area (Å²) in [6.07, 6.45) is 9.51. The van der Waals surface area contributed by atoms with Crippen LogP contribution in [0, 0.1) is 0 Å². The van der Waals surface area contributed by atoms with Crippen molar-refractivity contribution in [2.75, 3.05) is 7.11 Å². The molecule has 0 atom stereocenters. The number of carbonyl (C=O) groups excluding carboxylic acids is 1. The average Bonchev–Trinajstić information content (AvgIpc) is 4.22. The molecule has 0 spiro atoms. The molecule has 0 unspecified atom stereocenters. The van der Waals surface area contributed by atoms with Gasteiger partial charge in [-0.25, -0.2) is 9.59 Å². The Balaban J connectivity index is 0.000000152. The summed E-state index contributed by atoms with van der Waals surface area (Å²) in [5, 5.41) is 14.4. The van der Waals surface area contributed by atoms with Crippen molar-refractivity contribution in [1.29, 1.82) is 0 Å². The minimum Gasteiger partial charge on any atom is -0.478 e. The van der Waals surface area contributed by atoms with E-state index in [1.807, 2.05) is 48.8 Å². The molecule has 2 aromatic heterocycles. The van der Waals surface area contributed by atoms with Crippen molar-refractivity contribution in [3.63, 3.8) is 0 Å². The number of carbonyl (C=O) groups is 2. The summed E-state index contributed by atoms with van der Waals surface area (Å²) in [5.74, 6) is -0.173. The summed E-state index contributed by atoms with van der Waals surface area (Å²) in [6, 6.07) is 50.2. The molecule has 6 heteroatoms. The zero-order chi connectivity index (χ0) is 40.3. The maximum Gasteiger partial charge on any atom is 0.339 e. The van der Waals surface area contributed by atoms with E-state index in [9.17, 15) is 14.7 Å². The number of rotatable bonds is 10. The predicted molar refractivity (Wildman–Crippen MR) is 235 cm³/mol. The summed E-state index contributed by atoms with van der Waals surface area (Å²) in [7, 11) is 1.43. The lowest BCUT2D eigenvalue weighted by Gasteiger charge is -2.11. The lowest BCUT2D eigenvalue weighted by Crippen LogP contribution is -2.09. The summed E-state index contributed by atoms with van der Waals surface area (Å²) >= 11 is 0. The molecule has 2 saturated carbocycles. The largest absolute Gasteiger partial charge is 0.478 e. The maximum absolute atomic E-state index is 12.4. The number of methoxy groups -OCH3 is 1. The van der Waals surface area contributed by atoms with Crippen LogP contribution in [-0.4, -0.2) is 34.1 Å². The molecular formula is C53H44N2O4. The van der Waals surface area contributed by atoms with Gasteiger partial charge >= 0.3 is 11.9 Å². The van der Waals surface area contributed by atoms with Crippen LogP contribution in [0.4, 0.5) is 0 Å². The molecule has 290 valence electrons. The Labute approximate surface area is 344 Å². The molecule has 0 amide bonds. The topological polar surface area (TPSA) is 89.4 Å². The molecule has 0 bridgehead atoms. The first kappa shape index (κ1) is 37.6. The van der Waals surface area contributed by atoms with Gasteiger partial charge in [0.1, 0.15) is 0 Å². The highest BCUT2D eigenvalue weighted by atomic mass is 16.5.